The Hall–Kier alpha value is -0.610. The summed E-state index contributed by atoms with van der Waals surface area (Å²) in [5.74, 6) is 0.240. The summed E-state index contributed by atoms with van der Waals surface area (Å²) in [4.78, 5) is 14.5. The van der Waals surface area contributed by atoms with Gasteiger partial charge in [-0.1, -0.05) is 26.7 Å². The summed E-state index contributed by atoms with van der Waals surface area (Å²) >= 11 is 0. The molecule has 0 spiro atoms. The summed E-state index contributed by atoms with van der Waals surface area (Å²) in [5.41, 5.74) is 5.78. The normalized spacial score (nSPS) is 33.2. The van der Waals surface area contributed by atoms with E-state index in [-0.39, 0.29) is 5.91 Å². The number of hydrogen-bond donors (Lipinski definition) is 2. The van der Waals surface area contributed by atoms with Crippen molar-refractivity contribution in [2.24, 2.45) is 17.1 Å². The molecule has 122 valence electrons. The number of carbonyl (C=O) groups is 1. The largest absolute Gasteiger partial charge is 0.368 e. The van der Waals surface area contributed by atoms with Crippen LogP contribution < -0.4 is 11.1 Å². The number of primary amides is 1. The minimum Gasteiger partial charge on any atom is -0.368 e. The van der Waals surface area contributed by atoms with Crippen molar-refractivity contribution in [1.82, 2.24) is 10.2 Å². The number of nitrogens with one attached hydrogen (secondary N) is 1. The van der Waals surface area contributed by atoms with Crippen molar-refractivity contribution in [2.75, 3.05) is 26.7 Å². The van der Waals surface area contributed by atoms with Crippen LogP contribution in [-0.4, -0.2) is 43.0 Å². The SMILES string of the molecule is CCC1(C)CCN(CCC2CCCC2(NC)C(N)=O)CC1. The monoisotopic (exact) mass is 295 g/mol. The molecule has 1 saturated carbocycles. The highest BCUT2D eigenvalue weighted by Crippen LogP contribution is 2.39. The number of amides is 1. The molecule has 2 unspecified atom stereocenters. The van der Waals surface area contributed by atoms with Crippen LogP contribution in [-0.2, 0) is 4.79 Å². The Morgan fingerprint density at radius 3 is 2.52 bits per heavy atom. The average Bonchev–Trinajstić information content (AvgIpc) is 2.91. The molecule has 3 N–H and O–H groups in total. The zero-order valence-electron chi connectivity index (χ0n) is 14.1. The summed E-state index contributed by atoms with van der Waals surface area (Å²) < 4.78 is 0. The molecule has 2 aliphatic rings. The molecule has 4 heteroatoms. The lowest BCUT2D eigenvalue weighted by Crippen LogP contribution is -2.57. The third kappa shape index (κ3) is 3.42. The van der Waals surface area contributed by atoms with Crippen LogP contribution in [0.4, 0.5) is 0 Å². The van der Waals surface area contributed by atoms with Crippen molar-refractivity contribution in [2.45, 2.75) is 64.3 Å². The summed E-state index contributed by atoms with van der Waals surface area (Å²) in [6.07, 6.45) is 8.13. The van der Waals surface area contributed by atoms with Gasteiger partial charge >= 0.3 is 0 Å². The van der Waals surface area contributed by atoms with Crippen molar-refractivity contribution >= 4 is 5.91 Å². The van der Waals surface area contributed by atoms with Crippen molar-refractivity contribution < 1.29 is 4.79 Å². The second-order valence-corrected chi connectivity index (χ2v) is 7.47. The summed E-state index contributed by atoms with van der Waals surface area (Å²) in [7, 11) is 1.89. The van der Waals surface area contributed by atoms with Gasteiger partial charge in [0.15, 0.2) is 0 Å². The third-order valence-electron chi connectivity index (χ3n) is 6.42. The van der Waals surface area contributed by atoms with Gasteiger partial charge in [-0.2, -0.15) is 0 Å². The van der Waals surface area contributed by atoms with Crippen LogP contribution in [0.15, 0.2) is 0 Å². The number of hydrogen-bond acceptors (Lipinski definition) is 3. The molecule has 1 aliphatic heterocycles. The highest BCUT2D eigenvalue weighted by molar-refractivity contribution is 5.85. The van der Waals surface area contributed by atoms with Crippen LogP contribution in [0, 0.1) is 11.3 Å². The third-order valence-corrected chi connectivity index (χ3v) is 6.42. The lowest BCUT2D eigenvalue weighted by Gasteiger charge is -2.40. The summed E-state index contributed by atoms with van der Waals surface area (Å²) in [6.45, 7) is 8.25. The van der Waals surface area contributed by atoms with E-state index in [1.807, 2.05) is 7.05 Å². The van der Waals surface area contributed by atoms with E-state index < -0.39 is 5.54 Å². The van der Waals surface area contributed by atoms with E-state index >= 15 is 0 Å². The van der Waals surface area contributed by atoms with Crippen molar-refractivity contribution in [1.29, 1.82) is 0 Å². The van der Waals surface area contributed by atoms with Crippen molar-refractivity contribution in [3.63, 3.8) is 0 Å². The van der Waals surface area contributed by atoms with Gasteiger partial charge in [0, 0.05) is 0 Å². The topological polar surface area (TPSA) is 58.4 Å². The first-order valence-corrected chi connectivity index (χ1v) is 8.67. The minimum absolute atomic E-state index is 0.162. The quantitative estimate of drug-likeness (QED) is 0.789. The lowest BCUT2D eigenvalue weighted by molar-refractivity contribution is -0.125. The zero-order valence-corrected chi connectivity index (χ0v) is 14.1. The standard InChI is InChI=1S/C17H33N3O/c1-4-16(2)9-12-20(13-10-16)11-7-14-6-5-8-17(14,19-3)15(18)21/h14,19H,4-13H2,1-3H3,(H2,18,21). The van der Waals surface area contributed by atoms with E-state index in [1.165, 1.54) is 32.4 Å². The predicted octanol–water partition coefficient (Wildman–Crippen LogP) is 2.13. The second-order valence-electron chi connectivity index (χ2n) is 7.47. The van der Waals surface area contributed by atoms with E-state index in [0.29, 0.717) is 11.3 Å². The fraction of sp³-hybridized carbons (Fsp3) is 0.941. The molecular formula is C17H33N3O. The lowest BCUT2D eigenvalue weighted by atomic mass is 9.78. The molecule has 1 aliphatic carbocycles. The number of piperidine rings is 1. The zero-order chi connectivity index (χ0) is 15.5. The van der Waals surface area contributed by atoms with Gasteiger partial charge in [-0.3, -0.25) is 4.79 Å². The Balaban J connectivity index is 1.85. The van der Waals surface area contributed by atoms with E-state index in [9.17, 15) is 4.79 Å². The number of rotatable bonds is 6. The average molecular weight is 295 g/mol. The maximum Gasteiger partial charge on any atom is 0.238 e. The van der Waals surface area contributed by atoms with Crippen LogP contribution in [0.3, 0.4) is 0 Å². The Morgan fingerprint density at radius 2 is 2.00 bits per heavy atom. The Morgan fingerprint density at radius 1 is 1.33 bits per heavy atom. The molecule has 4 nitrogen and oxygen atoms in total. The fourth-order valence-electron chi connectivity index (χ4n) is 4.25. The summed E-state index contributed by atoms with van der Waals surface area (Å²) in [5, 5.41) is 3.24. The van der Waals surface area contributed by atoms with Crippen LogP contribution in [0.2, 0.25) is 0 Å². The number of carbonyl (C=O) groups excluding carboxylic acids is 1. The van der Waals surface area contributed by atoms with E-state index in [2.05, 4.69) is 24.1 Å². The Kier molecular flexibility index (Phi) is 5.31. The number of likely N-dealkylation sites (N-methyl/N-ethyl adjacent to an activating group) is 1. The molecule has 0 aromatic heterocycles. The van der Waals surface area contributed by atoms with Gasteiger partial charge in [-0.05, 0) is 70.1 Å². The predicted molar refractivity (Wildman–Crippen MR) is 87.0 cm³/mol. The first-order chi connectivity index (χ1) is 9.96. The minimum atomic E-state index is -0.451. The number of nitrogens with zero attached hydrogens (tertiary/aromatic N) is 1. The van der Waals surface area contributed by atoms with Crippen molar-refractivity contribution in [3.05, 3.63) is 0 Å². The highest BCUT2D eigenvalue weighted by Gasteiger charge is 2.46. The van der Waals surface area contributed by atoms with Crippen LogP contribution in [0.1, 0.15) is 58.8 Å². The van der Waals surface area contributed by atoms with Gasteiger partial charge in [0.2, 0.25) is 5.91 Å². The van der Waals surface area contributed by atoms with E-state index in [1.54, 1.807) is 0 Å². The van der Waals surface area contributed by atoms with Crippen LogP contribution in [0.5, 0.6) is 0 Å². The highest BCUT2D eigenvalue weighted by atomic mass is 16.1. The maximum absolute atomic E-state index is 11.9. The van der Waals surface area contributed by atoms with Gasteiger partial charge in [0.05, 0.1) is 0 Å². The molecule has 1 amide bonds. The second kappa shape index (κ2) is 6.66. The molecular weight excluding hydrogens is 262 g/mol. The molecule has 2 rings (SSSR count). The molecule has 1 saturated heterocycles. The molecule has 0 radical (unpaired) electrons. The first-order valence-electron chi connectivity index (χ1n) is 8.67. The van der Waals surface area contributed by atoms with Crippen molar-refractivity contribution in [3.8, 4) is 0 Å². The van der Waals surface area contributed by atoms with E-state index in [4.69, 9.17) is 5.73 Å². The Labute approximate surface area is 129 Å². The summed E-state index contributed by atoms with van der Waals surface area (Å²) in [6, 6.07) is 0. The molecule has 2 atom stereocenters. The van der Waals surface area contributed by atoms with E-state index in [0.717, 1.165) is 32.2 Å². The van der Waals surface area contributed by atoms with Gasteiger partial charge < -0.3 is 16.0 Å². The Bertz CT molecular complexity index is 363. The molecule has 2 fully saturated rings. The van der Waals surface area contributed by atoms with Gasteiger partial charge in [-0.25, -0.2) is 0 Å². The van der Waals surface area contributed by atoms with Crippen LogP contribution in [0.25, 0.3) is 0 Å². The smallest absolute Gasteiger partial charge is 0.238 e. The molecule has 21 heavy (non-hydrogen) atoms. The molecule has 0 aromatic carbocycles. The molecule has 1 heterocycles. The van der Waals surface area contributed by atoms with Gasteiger partial charge in [0.1, 0.15) is 5.54 Å². The van der Waals surface area contributed by atoms with Crippen LogP contribution >= 0.6 is 0 Å². The first kappa shape index (κ1) is 16.8. The fourth-order valence-corrected chi connectivity index (χ4v) is 4.25. The number of nitrogens with two attached hydrogens (primary N) is 1. The number of likely N-dealkylation sites (tertiary alicyclic amines) is 1. The molecule has 0 aromatic rings. The maximum atomic E-state index is 11.9. The van der Waals surface area contributed by atoms with Gasteiger partial charge in [0.25, 0.3) is 0 Å². The molecule has 0 bridgehead atoms. The van der Waals surface area contributed by atoms with Gasteiger partial charge in [-0.15, -0.1) is 0 Å².